The smallest absolute Gasteiger partial charge is 0.230 e. The second-order valence-corrected chi connectivity index (χ2v) is 10.0. The summed E-state index contributed by atoms with van der Waals surface area (Å²) in [5.74, 6) is 0.153. The van der Waals surface area contributed by atoms with Crippen molar-refractivity contribution in [1.29, 1.82) is 0 Å². The van der Waals surface area contributed by atoms with Gasteiger partial charge in [0.25, 0.3) is 0 Å². The van der Waals surface area contributed by atoms with E-state index < -0.39 is 0 Å². The fourth-order valence-electron chi connectivity index (χ4n) is 4.37. The summed E-state index contributed by atoms with van der Waals surface area (Å²) in [6.07, 6.45) is 6.04. The van der Waals surface area contributed by atoms with Gasteiger partial charge in [0.2, 0.25) is 5.91 Å². The highest BCUT2D eigenvalue weighted by atomic mass is 32.2. The Kier molecular flexibility index (Phi) is 7.41. The SMILES string of the molecule is O=C(CSc1nc(-c2ccc(F)cc2)cs1)NCC1(N2CCOCC2)CCCCC1. The van der Waals surface area contributed by atoms with Gasteiger partial charge in [-0.15, -0.1) is 11.3 Å². The van der Waals surface area contributed by atoms with Crippen molar-refractivity contribution >= 4 is 29.0 Å². The Balaban J connectivity index is 1.29. The average Bonchev–Trinajstić information content (AvgIpc) is 3.27. The number of aromatic nitrogens is 1. The predicted octanol–water partition coefficient (Wildman–Crippen LogP) is 4.19. The Morgan fingerprint density at radius 2 is 1.93 bits per heavy atom. The van der Waals surface area contributed by atoms with Crippen molar-refractivity contribution in [3.05, 3.63) is 35.5 Å². The van der Waals surface area contributed by atoms with Crippen LogP contribution in [0.1, 0.15) is 32.1 Å². The largest absolute Gasteiger partial charge is 0.379 e. The third-order valence-electron chi connectivity index (χ3n) is 6.03. The van der Waals surface area contributed by atoms with E-state index in [2.05, 4.69) is 15.2 Å². The van der Waals surface area contributed by atoms with Gasteiger partial charge < -0.3 is 10.1 Å². The molecule has 8 heteroatoms. The van der Waals surface area contributed by atoms with E-state index in [0.29, 0.717) is 12.3 Å². The highest BCUT2D eigenvalue weighted by Crippen LogP contribution is 2.34. The quantitative estimate of drug-likeness (QED) is 0.643. The molecule has 0 spiro atoms. The van der Waals surface area contributed by atoms with E-state index in [-0.39, 0.29) is 17.3 Å². The fourth-order valence-corrected chi connectivity index (χ4v) is 6.04. The third kappa shape index (κ3) is 5.41. The van der Waals surface area contributed by atoms with Crippen molar-refractivity contribution in [2.24, 2.45) is 0 Å². The van der Waals surface area contributed by atoms with Crippen LogP contribution >= 0.6 is 23.1 Å². The van der Waals surface area contributed by atoms with Crippen molar-refractivity contribution in [2.45, 2.75) is 42.0 Å². The van der Waals surface area contributed by atoms with E-state index in [0.717, 1.165) is 54.7 Å². The van der Waals surface area contributed by atoms with Gasteiger partial charge >= 0.3 is 0 Å². The van der Waals surface area contributed by atoms with Crippen molar-refractivity contribution in [3.8, 4) is 11.3 Å². The molecule has 0 radical (unpaired) electrons. The maximum Gasteiger partial charge on any atom is 0.230 e. The van der Waals surface area contributed by atoms with Gasteiger partial charge in [0.15, 0.2) is 4.34 Å². The number of halogens is 1. The number of morpholine rings is 1. The zero-order chi connectivity index (χ0) is 20.8. The summed E-state index contributed by atoms with van der Waals surface area (Å²) < 4.78 is 19.5. The van der Waals surface area contributed by atoms with Crippen LogP contribution in [0.3, 0.4) is 0 Å². The number of benzene rings is 1. The van der Waals surface area contributed by atoms with Crippen molar-refractivity contribution in [3.63, 3.8) is 0 Å². The molecule has 0 unspecified atom stereocenters. The van der Waals surface area contributed by atoms with E-state index in [1.54, 1.807) is 12.1 Å². The van der Waals surface area contributed by atoms with Gasteiger partial charge in [0.05, 0.1) is 24.7 Å². The Morgan fingerprint density at radius 1 is 1.20 bits per heavy atom. The summed E-state index contributed by atoms with van der Waals surface area (Å²) in [4.78, 5) is 19.7. The van der Waals surface area contributed by atoms with Gasteiger partial charge in [-0.25, -0.2) is 9.37 Å². The van der Waals surface area contributed by atoms with E-state index in [1.807, 2.05) is 5.38 Å². The molecule has 0 bridgehead atoms. The molecule has 2 aromatic rings. The van der Waals surface area contributed by atoms with Crippen LogP contribution in [0.15, 0.2) is 34.0 Å². The molecule has 1 aromatic carbocycles. The zero-order valence-electron chi connectivity index (χ0n) is 17.1. The van der Waals surface area contributed by atoms with Gasteiger partial charge in [-0.2, -0.15) is 0 Å². The summed E-state index contributed by atoms with van der Waals surface area (Å²) >= 11 is 2.97. The molecule has 30 heavy (non-hydrogen) atoms. The molecule has 162 valence electrons. The van der Waals surface area contributed by atoms with Crippen molar-refractivity contribution in [2.75, 3.05) is 38.6 Å². The number of carbonyl (C=O) groups is 1. The molecule has 1 aromatic heterocycles. The number of nitrogens with one attached hydrogen (secondary N) is 1. The van der Waals surface area contributed by atoms with Gasteiger partial charge in [0.1, 0.15) is 5.82 Å². The highest BCUT2D eigenvalue weighted by molar-refractivity contribution is 8.01. The number of nitrogens with zero attached hydrogens (tertiary/aromatic N) is 2. The Bertz CT molecular complexity index is 831. The van der Waals surface area contributed by atoms with Crippen LogP contribution in [0, 0.1) is 5.82 Å². The molecule has 1 amide bonds. The Morgan fingerprint density at radius 3 is 2.67 bits per heavy atom. The zero-order valence-corrected chi connectivity index (χ0v) is 18.7. The molecule has 1 saturated carbocycles. The van der Waals surface area contributed by atoms with Crippen LogP contribution in [0.5, 0.6) is 0 Å². The minimum Gasteiger partial charge on any atom is -0.379 e. The summed E-state index contributed by atoms with van der Waals surface area (Å²) in [6, 6.07) is 6.32. The molecule has 1 N–H and O–H groups in total. The summed E-state index contributed by atoms with van der Waals surface area (Å²) in [5, 5.41) is 5.15. The summed E-state index contributed by atoms with van der Waals surface area (Å²) in [7, 11) is 0. The lowest BCUT2D eigenvalue weighted by Gasteiger charge is -2.48. The first kappa shape index (κ1) is 21.7. The number of hydrogen-bond donors (Lipinski definition) is 1. The normalized spacial score (nSPS) is 19.5. The molecule has 1 aliphatic carbocycles. The number of thiazole rings is 1. The summed E-state index contributed by atoms with van der Waals surface area (Å²) in [6.45, 7) is 4.19. The lowest BCUT2D eigenvalue weighted by molar-refractivity contribution is -0.119. The minimum atomic E-state index is -0.256. The van der Waals surface area contributed by atoms with Gasteiger partial charge in [0, 0.05) is 36.1 Å². The minimum absolute atomic E-state index is 0.0525. The summed E-state index contributed by atoms with van der Waals surface area (Å²) in [5.41, 5.74) is 1.78. The number of hydrogen-bond acceptors (Lipinski definition) is 6. The Hall–Kier alpha value is -1.48. The van der Waals surface area contributed by atoms with Crippen LogP contribution in [-0.4, -0.2) is 59.9 Å². The number of amides is 1. The molecule has 2 aliphatic rings. The van der Waals surface area contributed by atoms with Crippen LogP contribution in [0.4, 0.5) is 4.39 Å². The van der Waals surface area contributed by atoms with Crippen LogP contribution in [0.2, 0.25) is 0 Å². The molecule has 1 aliphatic heterocycles. The Labute approximate surface area is 185 Å². The second-order valence-electron chi connectivity index (χ2n) is 7.96. The van der Waals surface area contributed by atoms with Crippen LogP contribution in [0.25, 0.3) is 11.3 Å². The molecule has 2 fully saturated rings. The standard InChI is InChI=1S/C22H28FN3O2S2/c23-18-6-4-17(5-7-18)19-14-29-21(25-19)30-15-20(27)24-16-22(8-2-1-3-9-22)26-10-12-28-13-11-26/h4-7,14H,1-3,8-13,15-16H2,(H,24,27). The lowest BCUT2D eigenvalue weighted by atomic mass is 9.79. The highest BCUT2D eigenvalue weighted by Gasteiger charge is 2.38. The van der Waals surface area contributed by atoms with E-state index in [1.165, 1.54) is 54.5 Å². The third-order valence-corrected chi connectivity index (χ3v) is 8.05. The monoisotopic (exact) mass is 449 g/mol. The number of rotatable bonds is 7. The van der Waals surface area contributed by atoms with Crippen molar-refractivity contribution in [1.82, 2.24) is 15.2 Å². The molecule has 4 rings (SSSR count). The predicted molar refractivity (Wildman–Crippen MR) is 119 cm³/mol. The van der Waals surface area contributed by atoms with Crippen LogP contribution in [-0.2, 0) is 9.53 Å². The maximum absolute atomic E-state index is 13.1. The fraction of sp³-hybridized carbons (Fsp3) is 0.545. The molecular formula is C22H28FN3O2S2. The number of carbonyl (C=O) groups excluding carboxylic acids is 1. The average molecular weight is 450 g/mol. The van der Waals surface area contributed by atoms with Gasteiger partial charge in [-0.3, -0.25) is 9.69 Å². The maximum atomic E-state index is 13.1. The molecule has 5 nitrogen and oxygen atoms in total. The van der Waals surface area contributed by atoms with E-state index in [4.69, 9.17) is 4.74 Å². The van der Waals surface area contributed by atoms with Crippen LogP contribution < -0.4 is 5.32 Å². The first-order chi connectivity index (χ1) is 14.6. The first-order valence-corrected chi connectivity index (χ1v) is 12.4. The van der Waals surface area contributed by atoms with Gasteiger partial charge in [-0.05, 0) is 37.1 Å². The molecular weight excluding hydrogens is 421 g/mol. The molecule has 2 heterocycles. The van der Waals surface area contributed by atoms with E-state index >= 15 is 0 Å². The van der Waals surface area contributed by atoms with E-state index in [9.17, 15) is 9.18 Å². The lowest BCUT2D eigenvalue weighted by Crippen LogP contribution is -2.59. The molecule has 0 atom stereocenters. The number of thioether (sulfide) groups is 1. The molecule has 1 saturated heterocycles. The van der Waals surface area contributed by atoms with Crippen molar-refractivity contribution < 1.29 is 13.9 Å². The first-order valence-electron chi connectivity index (χ1n) is 10.6. The second kappa shape index (κ2) is 10.2. The number of ether oxygens (including phenoxy) is 1. The van der Waals surface area contributed by atoms with Gasteiger partial charge in [-0.1, -0.05) is 31.0 Å². The topological polar surface area (TPSA) is 54.5 Å².